The zero-order chi connectivity index (χ0) is 12.1. The maximum Gasteiger partial charge on any atom is 0.199 e. The first-order valence-electron chi connectivity index (χ1n) is 5.03. The number of nitrogens with zero attached hydrogens (tertiary/aromatic N) is 3. The summed E-state index contributed by atoms with van der Waals surface area (Å²) in [4.78, 5) is 7.08. The molecule has 2 heterocycles. The van der Waals surface area contributed by atoms with Crippen LogP contribution in [0.1, 0.15) is 26.5 Å². The van der Waals surface area contributed by atoms with Gasteiger partial charge in [-0.25, -0.2) is 4.98 Å². The fourth-order valence-corrected chi connectivity index (χ4v) is 2.06. The molecular formula is C10H15N5S. The summed E-state index contributed by atoms with van der Waals surface area (Å²) in [5, 5.41) is 4.49. The van der Waals surface area contributed by atoms with Crippen molar-refractivity contribution in [3.8, 4) is 0 Å². The lowest BCUT2D eigenvalue weighted by molar-refractivity contribution is 0.557. The van der Waals surface area contributed by atoms with Crippen LogP contribution in [0.25, 0.3) is 11.0 Å². The van der Waals surface area contributed by atoms with E-state index in [0.717, 1.165) is 16.7 Å². The third-order valence-corrected chi connectivity index (χ3v) is 2.72. The molecule has 2 aromatic rings. The summed E-state index contributed by atoms with van der Waals surface area (Å²) in [6, 6.07) is 0. The maximum absolute atomic E-state index is 5.68. The van der Waals surface area contributed by atoms with Crippen LogP contribution in [0.2, 0.25) is 0 Å². The summed E-state index contributed by atoms with van der Waals surface area (Å²) in [6.45, 7) is 6.30. The van der Waals surface area contributed by atoms with Crippen molar-refractivity contribution >= 4 is 29.2 Å². The number of nitrogens with two attached hydrogens (primary N) is 1. The van der Waals surface area contributed by atoms with Crippen LogP contribution in [-0.4, -0.2) is 19.7 Å². The van der Waals surface area contributed by atoms with Gasteiger partial charge in [0.05, 0.1) is 11.2 Å². The fraction of sp³-hybridized carbons (Fsp3) is 0.500. The zero-order valence-electron chi connectivity index (χ0n) is 9.83. The standard InChI is InChI=1S/C10H15N5S/c1-10(2,3)7-5-6(15(4)14-7)8(16)13-9(11)12-5/h1-4H3,(H3,11,12,13,16). The number of hydrogen-bond acceptors (Lipinski definition) is 4. The molecule has 0 saturated carbocycles. The van der Waals surface area contributed by atoms with Gasteiger partial charge in [-0.1, -0.05) is 33.0 Å². The summed E-state index contributed by atoms with van der Waals surface area (Å²) < 4.78 is 2.23. The van der Waals surface area contributed by atoms with Crippen LogP contribution in [0, 0.1) is 4.64 Å². The first-order chi connectivity index (χ1) is 7.30. The number of fused-ring (bicyclic) bond motifs is 1. The van der Waals surface area contributed by atoms with E-state index in [1.165, 1.54) is 0 Å². The molecule has 16 heavy (non-hydrogen) atoms. The molecule has 2 aromatic heterocycles. The lowest BCUT2D eigenvalue weighted by Crippen LogP contribution is -2.13. The average Bonchev–Trinajstić information content (AvgIpc) is 2.41. The summed E-state index contributed by atoms with van der Waals surface area (Å²) >= 11 is 5.19. The van der Waals surface area contributed by atoms with E-state index in [9.17, 15) is 0 Å². The summed E-state index contributed by atoms with van der Waals surface area (Å²) in [5.74, 6) is 0.330. The third kappa shape index (κ3) is 1.59. The highest BCUT2D eigenvalue weighted by molar-refractivity contribution is 7.71. The molecule has 0 atom stereocenters. The Bertz CT molecular complexity index is 602. The number of anilines is 1. The highest BCUT2D eigenvalue weighted by Crippen LogP contribution is 2.27. The van der Waals surface area contributed by atoms with E-state index < -0.39 is 0 Å². The van der Waals surface area contributed by atoms with E-state index in [1.54, 1.807) is 4.68 Å². The van der Waals surface area contributed by atoms with E-state index in [2.05, 4.69) is 35.8 Å². The van der Waals surface area contributed by atoms with E-state index in [1.807, 2.05) is 7.05 Å². The number of H-pyrrole nitrogens is 1. The van der Waals surface area contributed by atoms with Gasteiger partial charge >= 0.3 is 0 Å². The van der Waals surface area contributed by atoms with E-state index >= 15 is 0 Å². The first-order valence-corrected chi connectivity index (χ1v) is 5.44. The highest BCUT2D eigenvalue weighted by Gasteiger charge is 2.23. The Morgan fingerprint density at radius 3 is 2.56 bits per heavy atom. The molecule has 3 N–H and O–H groups in total. The normalized spacial score (nSPS) is 12.2. The minimum atomic E-state index is -0.0639. The minimum absolute atomic E-state index is 0.0639. The molecule has 0 aliphatic carbocycles. The molecular weight excluding hydrogens is 222 g/mol. The maximum atomic E-state index is 5.68. The molecule has 0 aliphatic rings. The molecule has 0 radical (unpaired) electrons. The Labute approximate surface area is 98.7 Å². The van der Waals surface area contributed by atoms with Crippen molar-refractivity contribution in [1.82, 2.24) is 19.7 Å². The van der Waals surface area contributed by atoms with Gasteiger partial charge in [0.25, 0.3) is 0 Å². The largest absolute Gasteiger partial charge is 0.369 e. The van der Waals surface area contributed by atoms with Crippen molar-refractivity contribution in [3.05, 3.63) is 10.3 Å². The van der Waals surface area contributed by atoms with Gasteiger partial charge in [-0.2, -0.15) is 5.10 Å². The smallest absolute Gasteiger partial charge is 0.199 e. The molecule has 0 spiro atoms. The summed E-state index contributed by atoms with van der Waals surface area (Å²) in [5.41, 5.74) is 8.27. The van der Waals surface area contributed by atoms with Crippen LogP contribution >= 0.6 is 12.2 Å². The number of rotatable bonds is 0. The molecule has 0 bridgehead atoms. The van der Waals surface area contributed by atoms with Gasteiger partial charge in [-0.15, -0.1) is 0 Å². The van der Waals surface area contributed by atoms with Crippen LogP contribution in [0.3, 0.4) is 0 Å². The van der Waals surface area contributed by atoms with Crippen LogP contribution in [0.5, 0.6) is 0 Å². The second-order valence-corrected chi connectivity index (χ2v) is 5.26. The quantitative estimate of drug-likeness (QED) is 0.686. The lowest BCUT2D eigenvalue weighted by atomic mass is 9.91. The second-order valence-electron chi connectivity index (χ2n) is 4.87. The van der Waals surface area contributed by atoms with Crippen LogP contribution in [0.4, 0.5) is 5.95 Å². The number of nitrogens with one attached hydrogen (secondary N) is 1. The second kappa shape index (κ2) is 3.28. The highest BCUT2D eigenvalue weighted by atomic mass is 32.1. The Hall–Kier alpha value is -1.43. The fourth-order valence-electron chi connectivity index (χ4n) is 1.73. The monoisotopic (exact) mass is 237 g/mol. The summed E-state index contributed by atoms with van der Waals surface area (Å²) in [7, 11) is 1.86. The van der Waals surface area contributed by atoms with Crippen LogP contribution in [0.15, 0.2) is 0 Å². The molecule has 5 nitrogen and oxygen atoms in total. The van der Waals surface area contributed by atoms with E-state index in [-0.39, 0.29) is 5.41 Å². The summed E-state index contributed by atoms with van der Waals surface area (Å²) in [6.07, 6.45) is 0. The van der Waals surface area contributed by atoms with Crippen molar-refractivity contribution in [2.75, 3.05) is 5.73 Å². The molecule has 0 aliphatic heterocycles. The van der Waals surface area contributed by atoms with Gasteiger partial charge in [0, 0.05) is 12.5 Å². The van der Waals surface area contributed by atoms with Crippen molar-refractivity contribution < 1.29 is 0 Å². The molecule has 86 valence electrons. The lowest BCUT2D eigenvalue weighted by Gasteiger charge is -2.15. The van der Waals surface area contributed by atoms with Crippen LogP contribution < -0.4 is 5.73 Å². The first kappa shape index (κ1) is 11.1. The number of aromatic nitrogens is 4. The number of aryl methyl sites for hydroxylation is 1. The Morgan fingerprint density at radius 1 is 1.38 bits per heavy atom. The van der Waals surface area contributed by atoms with E-state index in [4.69, 9.17) is 18.0 Å². The molecule has 0 amide bonds. The van der Waals surface area contributed by atoms with Crippen molar-refractivity contribution in [1.29, 1.82) is 0 Å². The third-order valence-electron chi connectivity index (χ3n) is 2.44. The van der Waals surface area contributed by atoms with Gasteiger partial charge in [-0.3, -0.25) is 4.68 Å². The Balaban J connectivity index is 2.95. The van der Waals surface area contributed by atoms with Gasteiger partial charge < -0.3 is 10.7 Å². The van der Waals surface area contributed by atoms with Gasteiger partial charge in [-0.05, 0) is 0 Å². The number of nitrogen functional groups attached to an aromatic ring is 1. The van der Waals surface area contributed by atoms with Gasteiger partial charge in [0.15, 0.2) is 10.6 Å². The average molecular weight is 237 g/mol. The molecule has 0 saturated heterocycles. The Morgan fingerprint density at radius 2 is 2.00 bits per heavy atom. The molecule has 0 aromatic carbocycles. The van der Waals surface area contributed by atoms with Gasteiger partial charge in [0.2, 0.25) is 0 Å². The minimum Gasteiger partial charge on any atom is -0.369 e. The predicted molar refractivity (Wildman–Crippen MR) is 66.8 cm³/mol. The van der Waals surface area contributed by atoms with Crippen molar-refractivity contribution in [3.63, 3.8) is 0 Å². The SMILES string of the molecule is Cn1nc(C(C)(C)C)c2[nH]c(N)nc(=S)c21. The van der Waals surface area contributed by atoms with Gasteiger partial charge in [0.1, 0.15) is 5.52 Å². The number of aromatic amines is 1. The molecule has 0 fully saturated rings. The predicted octanol–water partition coefficient (Wildman–Crippen LogP) is 1.91. The van der Waals surface area contributed by atoms with Crippen LogP contribution in [-0.2, 0) is 12.5 Å². The zero-order valence-corrected chi connectivity index (χ0v) is 10.6. The topological polar surface area (TPSA) is 72.5 Å². The Kier molecular flexibility index (Phi) is 2.27. The van der Waals surface area contributed by atoms with Crippen molar-refractivity contribution in [2.45, 2.75) is 26.2 Å². The number of hydrogen-bond donors (Lipinski definition) is 2. The van der Waals surface area contributed by atoms with E-state index in [0.29, 0.717) is 10.6 Å². The molecule has 2 rings (SSSR count). The molecule has 0 unspecified atom stereocenters. The molecule has 6 heteroatoms. The van der Waals surface area contributed by atoms with Crippen molar-refractivity contribution in [2.24, 2.45) is 7.05 Å².